The highest BCUT2D eigenvalue weighted by atomic mass is 13.9. The lowest BCUT2D eigenvalue weighted by Gasteiger charge is -1.90. The van der Waals surface area contributed by atoms with E-state index < -0.39 is 0 Å². The molecule has 0 spiro atoms. The Bertz CT molecular complexity index is 386. The van der Waals surface area contributed by atoms with Gasteiger partial charge in [-0.25, -0.2) is 0 Å². The molecule has 0 saturated carbocycles. The SMILES string of the molecule is CC.CC.CC.CC.Cc1ccc(C)cc1.Cc1cccc(C)c1. The summed E-state index contributed by atoms with van der Waals surface area (Å²) in [6.07, 6.45) is 0. The van der Waals surface area contributed by atoms with Gasteiger partial charge in [-0.2, -0.15) is 0 Å². The first kappa shape index (κ1) is 30.3. The van der Waals surface area contributed by atoms with Crippen LogP contribution in [0.2, 0.25) is 0 Å². The van der Waals surface area contributed by atoms with E-state index in [0.717, 1.165) is 0 Å². The standard InChI is InChI=1S/2C8H10.4C2H6/c1-7-3-5-8(2)6-4-7;1-7-4-3-5-8(2)6-7;4*1-2/h2*3-6H,1-2H3;4*1-2H3. The fourth-order valence-corrected chi connectivity index (χ4v) is 1.44. The van der Waals surface area contributed by atoms with Crippen LogP contribution < -0.4 is 0 Å². The van der Waals surface area contributed by atoms with Crippen molar-refractivity contribution in [2.45, 2.75) is 83.1 Å². The maximum Gasteiger partial charge on any atom is -0.0398 e. The van der Waals surface area contributed by atoms with E-state index in [2.05, 4.69) is 76.2 Å². The third-order valence-corrected chi connectivity index (χ3v) is 2.39. The molecule has 0 aliphatic rings. The minimum Gasteiger partial charge on any atom is -0.0683 e. The molecular formula is C24H44. The van der Waals surface area contributed by atoms with E-state index in [1.807, 2.05) is 55.4 Å². The zero-order chi connectivity index (χ0) is 20.0. The molecule has 0 nitrogen and oxygen atoms in total. The Balaban J connectivity index is -0.000000118. The van der Waals surface area contributed by atoms with E-state index in [1.165, 1.54) is 22.3 Å². The van der Waals surface area contributed by atoms with Crippen molar-refractivity contribution >= 4 is 0 Å². The topological polar surface area (TPSA) is 0 Å². The van der Waals surface area contributed by atoms with Crippen molar-refractivity contribution < 1.29 is 0 Å². The van der Waals surface area contributed by atoms with Gasteiger partial charge in [-0.05, 0) is 27.7 Å². The average Bonchev–Trinajstić information content (AvgIpc) is 2.65. The van der Waals surface area contributed by atoms with Gasteiger partial charge >= 0.3 is 0 Å². The first-order valence-corrected chi connectivity index (χ1v) is 9.64. The van der Waals surface area contributed by atoms with Gasteiger partial charge in [-0.1, -0.05) is 126 Å². The maximum atomic E-state index is 2.17. The van der Waals surface area contributed by atoms with Gasteiger partial charge in [0, 0.05) is 0 Å². The van der Waals surface area contributed by atoms with Gasteiger partial charge in [-0.15, -0.1) is 0 Å². The Hall–Kier alpha value is -1.56. The Labute approximate surface area is 154 Å². The van der Waals surface area contributed by atoms with Crippen molar-refractivity contribution in [1.29, 1.82) is 0 Å². The van der Waals surface area contributed by atoms with Crippen LogP contribution in [0.15, 0.2) is 48.5 Å². The lowest BCUT2D eigenvalue weighted by molar-refractivity contribution is 1.39. The van der Waals surface area contributed by atoms with Crippen LogP contribution in [0, 0.1) is 27.7 Å². The molecule has 0 radical (unpaired) electrons. The molecule has 2 aromatic rings. The zero-order valence-electron chi connectivity index (χ0n) is 18.6. The summed E-state index contributed by atoms with van der Waals surface area (Å²) in [6, 6.07) is 16.9. The van der Waals surface area contributed by atoms with Crippen molar-refractivity contribution in [2.75, 3.05) is 0 Å². The molecule has 0 fully saturated rings. The normalized spacial score (nSPS) is 7.17. The monoisotopic (exact) mass is 332 g/mol. The van der Waals surface area contributed by atoms with Gasteiger partial charge in [0.2, 0.25) is 0 Å². The third-order valence-electron chi connectivity index (χ3n) is 2.39. The van der Waals surface area contributed by atoms with Crippen LogP contribution >= 0.6 is 0 Å². The Morgan fingerprint density at radius 2 is 0.625 bits per heavy atom. The van der Waals surface area contributed by atoms with Crippen LogP contribution in [-0.4, -0.2) is 0 Å². The third kappa shape index (κ3) is 22.7. The first-order valence-electron chi connectivity index (χ1n) is 9.64. The highest BCUT2D eigenvalue weighted by molar-refractivity contribution is 5.20. The molecule has 0 heteroatoms. The lowest BCUT2D eigenvalue weighted by Crippen LogP contribution is -1.71. The van der Waals surface area contributed by atoms with E-state index in [-0.39, 0.29) is 0 Å². The average molecular weight is 333 g/mol. The van der Waals surface area contributed by atoms with E-state index in [0.29, 0.717) is 0 Å². The van der Waals surface area contributed by atoms with Crippen LogP contribution in [0.4, 0.5) is 0 Å². The molecule has 0 bridgehead atoms. The summed E-state index contributed by atoms with van der Waals surface area (Å²) < 4.78 is 0. The lowest BCUT2D eigenvalue weighted by atomic mass is 10.2. The van der Waals surface area contributed by atoms with Crippen molar-refractivity contribution in [3.63, 3.8) is 0 Å². The molecule has 0 saturated heterocycles. The van der Waals surface area contributed by atoms with Crippen LogP contribution in [0.3, 0.4) is 0 Å². The van der Waals surface area contributed by atoms with Gasteiger partial charge in [-0.3, -0.25) is 0 Å². The van der Waals surface area contributed by atoms with Gasteiger partial charge in [0.15, 0.2) is 0 Å². The van der Waals surface area contributed by atoms with E-state index >= 15 is 0 Å². The molecule has 0 aliphatic heterocycles. The summed E-state index contributed by atoms with van der Waals surface area (Å²) in [4.78, 5) is 0. The molecule has 0 amide bonds. The van der Waals surface area contributed by atoms with Crippen molar-refractivity contribution in [3.8, 4) is 0 Å². The largest absolute Gasteiger partial charge is 0.0683 e. The molecule has 0 unspecified atom stereocenters. The van der Waals surface area contributed by atoms with Gasteiger partial charge in [0.05, 0.1) is 0 Å². The Morgan fingerprint density at radius 1 is 0.375 bits per heavy atom. The van der Waals surface area contributed by atoms with E-state index in [1.54, 1.807) is 0 Å². The van der Waals surface area contributed by atoms with Gasteiger partial charge < -0.3 is 0 Å². The summed E-state index contributed by atoms with van der Waals surface area (Å²) in [7, 11) is 0. The highest BCUT2D eigenvalue weighted by Crippen LogP contribution is 2.00. The van der Waals surface area contributed by atoms with E-state index in [4.69, 9.17) is 0 Å². The van der Waals surface area contributed by atoms with Crippen LogP contribution in [0.5, 0.6) is 0 Å². The minimum atomic E-state index is 1.33. The maximum absolute atomic E-state index is 2.17. The second kappa shape index (κ2) is 26.3. The molecule has 0 aliphatic carbocycles. The van der Waals surface area contributed by atoms with Crippen molar-refractivity contribution in [1.82, 2.24) is 0 Å². The number of aryl methyl sites for hydroxylation is 4. The Kier molecular flexibility index (Phi) is 33.3. The number of hydrogen-bond acceptors (Lipinski definition) is 0. The molecule has 2 aromatic carbocycles. The fraction of sp³-hybridized carbons (Fsp3) is 0.500. The molecular weight excluding hydrogens is 288 g/mol. The molecule has 0 heterocycles. The quantitative estimate of drug-likeness (QED) is 0.452. The molecule has 0 N–H and O–H groups in total. The molecule has 140 valence electrons. The number of hydrogen-bond donors (Lipinski definition) is 0. The van der Waals surface area contributed by atoms with Crippen LogP contribution in [0.25, 0.3) is 0 Å². The second-order valence-electron chi connectivity index (χ2n) is 4.31. The van der Waals surface area contributed by atoms with Gasteiger partial charge in [0.1, 0.15) is 0 Å². The molecule has 0 aromatic heterocycles. The predicted octanol–water partition coefficient (Wildman–Crippen LogP) is 8.71. The summed E-state index contributed by atoms with van der Waals surface area (Å²) in [5.41, 5.74) is 5.33. The molecule has 24 heavy (non-hydrogen) atoms. The Morgan fingerprint density at radius 3 is 0.792 bits per heavy atom. The summed E-state index contributed by atoms with van der Waals surface area (Å²) >= 11 is 0. The molecule has 0 atom stereocenters. The van der Waals surface area contributed by atoms with Crippen LogP contribution in [-0.2, 0) is 0 Å². The summed E-state index contributed by atoms with van der Waals surface area (Å²) in [5, 5.41) is 0. The zero-order valence-corrected chi connectivity index (χ0v) is 18.6. The summed E-state index contributed by atoms with van der Waals surface area (Å²) in [5.74, 6) is 0. The van der Waals surface area contributed by atoms with Crippen molar-refractivity contribution in [2.24, 2.45) is 0 Å². The van der Waals surface area contributed by atoms with Crippen molar-refractivity contribution in [3.05, 3.63) is 70.8 Å². The number of benzene rings is 2. The van der Waals surface area contributed by atoms with Gasteiger partial charge in [0.25, 0.3) is 0 Å². The highest BCUT2D eigenvalue weighted by Gasteiger charge is 1.81. The smallest absolute Gasteiger partial charge is 0.0398 e. The van der Waals surface area contributed by atoms with E-state index in [9.17, 15) is 0 Å². The fourth-order valence-electron chi connectivity index (χ4n) is 1.44. The summed E-state index contributed by atoms with van der Waals surface area (Å²) in [6.45, 7) is 24.4. The predicted molar refractivity (Wildman–Crippen MR) is 117 cm³/mol. The minimum absolute atomic E-state index is 1.33. The molecule has 2 rings (SSSR count). The second-order valence-corrected chi connectivity index (χ2v) is 4.31. The first-order chi connectivity index (χ1) is 11.6. The number of rotatable bonds is 0. The van der Waals surface area contributed by atoms with Crippen LogP contribution in [0.1, 0.15) is 77.6 Å².